The lowest BCUT2D eigenvalue weighted by Gasteiger charge is -2.18. The minimum Gasteiger partial charge on any atom is -0.363 e. The van der Waals surface area contributed by atoms with Crippen LogP contribution >= 0.6 is 0 Å². The minimum atomic E-state index is -0.398. The maximum atomic E-state index is 11.5. The lowest BCUT2D eigenvalue weighted by atomic mass is 10.0. The molecule has 1 aromatic rings. The number of imidazole rings is 1. The Kier molecular flexibility index (Phi) is 3.76. The average Bonchev–Trinajstić information content (AvgIpc) is 3.04. The van der Waals surface area contributed by atoms with E-state index in [4.69, 9.17) is 10.6 Å². The summed E-state index contributed by atoms with van der Waals surface area (Å²) in [7, 11) is 0. The van der Waals surface area contributed by atoms with Gasteiger partial charge in [0.2, 0.25) is 0 Å². The van der Waals surface area contributed by atoms with Gasteiger partial charge in [-0.25, -0.2) is 10.8 Å². The Bertz CT molecular complexity index is 512. The molecule has 0 spiro atoms. The summed E-state index contributed by atoms with van der Waals surface area (Å²) < 4.78 is 8.07. The Hall–Kier alpha value is -1.40. The van der Waals surface area contributed by atoms with Crippen LogP contribution in [0, 0.1) is 6.92 Å². The van der Waals surface area contributed by atoms with Crippen LogP contribution in [0.25, 0.3) is 0 Å². The molecule has 1 aliphatic heterocycles. The van der Waals surface area contributed by atoms with Crippen molar-refractivity contribution in [1.29, 1.82) is 0 Å². The van der Waals surface area contributed by atoms with Gasteiger partial charge in [0.05, 0.1) is 18.3 Å². The molecule has 0 saturated carbocycles. The molecule has 6 heteroatoms. The second kappa shape index (κ2) is 5.54. The summed E-state index contributed by atoms with van der Waals surface area (Å²) in [5.41, 5.74) is 4.78. The molecule has 6 nitrogen and oxygen atoms in total. The lowest BCUT2D eigenvalue weighted by Crippen LogP contribution is -2.39. The Labute approximate surface area is 118 Å². The number of hydrazine groups is 1. The van der Waals surface area contributed by atoms with Crippen molar-refractivity contribution in [3.8, 4) is 0 Å². The summed E-state index contributed by atoms with van der Waals surface area (Å²) >= 11 is 0. The molecule has 0 aromatic carbocycles. The van der Waals surface area contributed by atoms with E-state index in [-0.39, 0.29) is 12.0 Å². The van der Waals surface area contributed by atoms with E-state index >= 15 is 0 Å². The highest BCUT2D eigenvalue weighted by molar-refractivity contribution is 5.80. The number of rotatable bonds is 3. The third-order valence-electron chi connectivity index (χ3n) is 4.35. The number of amides is 1. The summed E-state index contributed by atoms with van der Waals surface area (Å²) in [5, 5.41) is 0. The van der Waals surface area contributed by atoms with Crippen molar-refractivity contribution in [2.24, 2.45) is 5.84 Å². The van der Waals surface area contributed by atoms with Crippen LogP contribution in [0.3, 0.4) is 0 Å². The number of aromatic nitrogens is 2. The molecule has 110 valence electrons. The zero-order chi connectivity index (χ0) is 14.1. The average molecular weight is 278 g/mol. The Morgan fingerprint density at radius 1 is 1.45 bits per heavy atom. The number of hydrogen-bond acceptors (Lipinski definition) is 4. The summed E-state index contributed by atoms with van der Waals surface area (Å²) in [4.78, 5) is 16.2. The first-order valence-corrected chi connectivity index (χ1v) is 7.40. The zero-order valence-electron chi connectivity index (χ0n) is 11.9. The van der Waals surface area contributed by atoms with E-state index in [0.717, 1.165) is 38.1 Å². The van der Waals surface area contributed by atoms with Crippen LogP contribution < -0.4 is 11.3 Å². The van der Waals surface area contributed by atoms with Crippen molar-refractivity contribution in [2.45, 2.75) is 64.2 Å². The first-order chi connectivity index (χ1) is 9.69. The summed E-state index contributed by atoms with van der Waals surface area (Å²) in [6.45, 7) is 2.85. The van der Waals surface area contributed by atoms with Gasteiger partial charge in [-0.05, 0) is 45.4 Å². The first kappa shape index (κ1) is 13.6. The molecule has 3 N–H and O–H groups in total. The van der Waals surface area contributed by atoms with Crippen molar-refractivity contribution in [1.82, 2.24) is 15.0 Å². The predicted molar refractivity (Wildman–Crippen MR) is 73.8 cm³/mol. The number of hydrogen-bond donors (Lipinski definition) is 2. The number of ether oxygens (including phenoxy) is 1. The van der Waals surface area contributed by atoms with Crippen molar-refractivity contribution in [3.05, 3.63) is 17.2 Å². The molecule has 2 heterocycles. The van der Waals surface area contributed by atoms with Crippen molar-refractivity contribution in [3.63, 3.8) is 0 Å². The molecule has 0 bridgehead atoms. The van der Waals surface area contributed by atoms with Crippen LogP contribution in [0.5, 0.6) is 0 Å². The number of aryl methyl sites for hydroxylation is 2. The molecule has 1 amide bonds. The van der Waals surface area contributed by atoms with E-state index in [1.807, 2.05) is 0 Å². The summed E-state index contributed by atoms with van der Waals surface area (Å²) in [5.74, 6) is 5.99. The predicted octanol–water partition coefficient (Wildman–Crippen LogP) is 0.608. The second-order valence-electron chi connectivity index (χ2n) is 5.70. The molecule has 3 rings (SSSR count). The van der Waals surface area contributed by atoms with Crippen LogP contribution in [0.2, 0.25) is 0 Å². The molecule has 2 unspecified atom stereocenters. The van der Waals surface area contributed by atoms with Crippen LogP contribution in [-0.4, -0.2) is 27.7 Å². The molecular weight excluding hydrogens is 256 g/mol. The molecular formula is C14H22N4O2. The monoisotopic (exact) mass is 278 g/mol. The van der Waals surface area contributed by atoms with E-state index in [1.165, 1.54) is 24.2 Å². The molecule has 1 saturated heterocycles. The van der Waals surface area contributed by atoms with Crippen LogP contribution in [0.1, 0.15) is 42.9 Å². The first-order valence-electron chi connectivity index (χ1n) is 7.40. The SMILES string of the molecule is Cc1nc2c(n1CC1CCC(C(=O)NN)O1)CCCC2. The fraction of sp³-hybridized carbons (Fsp3) is 0.714. The van der Waals surface area contributed by atoms with Gasteiger partial charge >= 0.3 is 0 Å². The van der Waals surface area contributed by atoms with Crippen LogP contribution in [0.4, 0.5) is 0 Å². The van der Waals surface area contributed by atoms with Gasteiger partial charge < -0.3 is 9.30 Å². The summed E-state index contributed by atoms with van der Waals surface area (Å²) in [6.07, 6.45) is 5.99. The third-order valence-corrected chi connectivity index (χ3v) is 4.35. The van der Waals surface area contributed by atoms with E-state index in [1.54, 1.807) is 0 Å². The van der Waals surface area contributed by atoms with Gasteiger partial charge in [0.25, 0.3) is 5.91 Å². The number of nitrogens with two attached hydrogens (primary N) is 1. The van der Waals surface area contributed by atoms with Crippen LogP contribution in [0.15, 0.2) is 0 Å². The van der Waals surface area contributed by atoms with Gasteiger partial charge in [-0.2, -0.15) is 0 Å². The highest BCUT2D eigenvalue weighted by atomic mass is 16.5. The number of nitrogens with zero attached hydrogens (tertiary/aromatic N) is 2. The normalized spacial score (nSPS) is 25.5. The number of nitrogens with one attached hydrogen (secondary N) is 1. The van der Waals surface area contributed by atoms with E-state index in [2.05, 4.69) is 21.9 Å². The highest BCUT2D eigenvalue weighted by Crippen LogP contribution is 2.26. The van der Waals surface area contributed by atoms with Crippen molar-refractivity contribution >= 4 is 5.91 Å². The van der Waals surface area contributed by atoms with Gasteiger partial charge in [-0.3, -0.25) is 10.2 Å². The molecule has 1 aliphatic carbocycles. The van der Waals surface area contributed by atoms with E-state index in [9.17, 15) is 4.79 Å². The maximum absolute atomic E-state index is 11.5. The highest BCUT2D eigenvalue weighted by Gasteiger charge is 2.31. The number of carbonyl (C=O) groups is 1. The maximum Gasteiger partial charge on any atom is 0.263 e. The standard InChI is InChI=1S/C14H22N4O2/c1-9-16-11-4-2-3-5-12(11)18(9)8-10-6-7-13(20-10)14(19)17-15/h10,13H,2-8,15H2,1H3,(H,17,19). The Morgan fingerprint density at radius 3 is 3.05 bits per heavy atom. The van der Waals surface area contributed by atoms with Gasteiger partial charge in [0, 0.05) is 5.69 Å². The molecule has 0 radical (unpaired) electrons. The Balaban J connectivity index is 1.70. The Morgan fingerprint density at radius 2 is 2.25 bits per heavy atom. The molecule has 1 aromatic heterocycles. The molecule has 1 fully saturated rings. The lowest BCUT2D eigenvalue weighted by molar-refractivity contribution is -0.132. The second-order valence-corrected chi connectivity index (χ2v) is 5.70. The molecule has 2 aliphatic rings. The number of carbonyl (C=O) groups excluding carboxylic acids is 1. The quantitative estimate of drug-likeness (QED) is 0.482. The van der Waals surface area contributed by atoms with E-state index < -0.39 is 6.10 Å². The minimum absolute atomic E-state index is 0.0798. The van der Waals surface area contributed by atoms with Crippen molar-refractivity contribution < 1.29 is 9.53 Å². The van der Waals surface area contributed by atoms with Crippen molar-refractivity contribution in [2.75, 3.05) is 0 Å². The third kappa shape index (κ3) is 2.45. The fourth-order valence-corrected chi connectivity index (χ4v) is 3.31. The van der Waals surface area contributed by atoms with Crippen LogP contribution in [-0.2, 0) is 28.9 Å². The van der Waals surface area contributed by atoms with E-state index in [0.29, 0.717) is 0 Å². The molecule has 20 heavy (non-hydrogen) atoms. The topological polar surface area (TPSA) is 82.2 Å². The summed E-state index contributed by atoms with van der Waals surface area (Å²) in [6, 6.07) is 0. The fourth-order valence-electron chi connectivity index (χ4n) is 3.31. The van der Waals surface area contributed by atoms with Gasteiger partial charge in [-0.1, -0.05) is 0 Å². The van der Waals surface area contributed by atoms with Gasteiger partial charge in [0.15, 0.2) is 0 Å². The van der Waals surface area contributed by atoms with Gasteiger partial charge in [0.1, 0.15) is 11.9 Å². The smallest absolute Gasteiger partial charge is 0.263 e. The number of fused-ring (bicyclic) bond motifs is 1. The largest absolute Gasteiger partial charge is 0.363 e. The molecule has 2 atom stereocenters. The van der Waals surface area contributed by atoms with Gasteiger partial charge in [-0.15, -0.1) is 0 Å². The zero-order valence-corrected chi connectivity index (χ0v) is 11.9.